The molecule has 2 aromatic carbocycles. The maximum Gasteiger partial charge on any atom is 0.319 e. The summed E-state index contributed by atoms with van der Waals surface area (Å²) in [5.74, 6) is 0.214. The van der Waals surface area contributed by atoms with Crippen LogP contribution < -0.4 is 15.4 Å². The SMILES string of the molecule is O=C(NCCc1cccc(F)c1)Nc1ccc(OCc2ccccn2)c(Cl)c1. The van der Waals surface area contributed by atoms with Gasteiger partial charge in [-0.2, -0.15) is 0 Å². The van der Waals surface area contributed by atoms with Crippen molar-refractivity contribution >= 4 is 23.3 Å². The van der Waals surface area contributed by atoms with Crippen LogP contribution in [0.2, 0.25) is 5.02 Å². The molecule has 0 unspecified atom stereocenters. The average molecular weight is 400 g/mol. The number of carbonyl (C=O) groups excluding carboxylic acids is 1. The molecule has 2 amide bonds. The fourth-order valence-corrected chi connectivity index (χ4v) is 2.75. The Morgan fingerprint density at radius 2 is 2.00 bits per heavy atom. The molecule has 0 saturated carbocycles. The zero-order valence-electron chi connectivity index (χ0n) is 15.0. The first-order chi connectivity index (χ1) is 13.6. The summed E-state index contributed by atoms with van der Waals surface area (Å²) in [5.41, 5.74) is 2.15. The van der Waals surface area contributed by atoms with Gasteiger partial charge in [0.1, 0.15) is 18.2 Å². The van der Waals surface area contributed by atoms with Gasteiger partial charge in [-0.05, 0) is 54.4 Å². The summed E-state index contributed by atoms with van der Waals surface area (Å²) in [4.78, 5) is 16.2. The Morgan fingerprint density at radius 1 is 1.11 bits per heavy atom. The topological polar surface area (TPSA) is 63.2 Å². The first-order valence-corrected chi connectivity index (χ1v) is 9.09. The Hall–Kier alpha value is -3.12. The maximum absolute atomic E-state index is 13.1. The van der Waals surface area contributed by atoms with Crippen molar-refractivity contribution in [3.05, 3.63) is 89.0 Å². The number of halogens is 2. The Balaban J connectivity index is 1.47. The molecule has 0 saturated heterocycles. The molecule has 0 aliphatic rings. The van der Waals surface area contributed by atoms with Crippen molar-refractivity contribution in [1.29, 1.82) is 0 Å². The molecule has 0 radical (unpaired) electrons. The molecule has 28 heavy (non-hydrogen) atoms. The molecule has 5 nitrogen and oxygen atoms in total. The molecule has 0 atom stereocenters. The van der Waals surface area contributed by atoms with E-state index in [0.717, 1.165) is 11.3 Å². The third-order valence-corrected chi connectivity index (χ3v) is 4.18. The van der Waals surface area contributed by atoms with E-state index in [4.69, 9.17) is 16.3 Å². The predicted octanol–water partition coefficient (Wildman–Crippen LogP) is 4.82. The minimum atomic E-state index is -0.366. The molecule has 0 aliphatic heterocycles. The van der Waals surface area contributed by atoms with E-state index in [0.29, 0.717) is 36.0 Å². The van der Waals surface area contributed by atoms with E-state index in [1.807, 2.05) is 24.3 Å². The van der Waals surface area contributed by atoms with Crippen LogP contribution in [-0.4, -0.2) is 17.6 Å². The number of carbonyl (C=O) groups is 1. The molecule has 144 valence electrons. The van der Waals surface area contributed by atoms with E-state index in [2.05, 4.69) is 15.6 Å². The maximum atomic E-state index is 13.1. The third kappa shape index (κ3) is 5.96. The minimum Gasteiger partial charge on any atom is -0.486 e. The summed E-state index contributed by atoms with van der Waals surface area (Å²) in [5, 5.41) is 5.81. The number of benzene rings is 2. The summed E-state index contributed by atoms with van der Waals surface area (Å²) < 4.78 is 18.8. The molecular formula is C21H19ClFN3O2. The second-order valence-corrected chi connectivity index (χ2v) is 6.42. The number of ether oxygens (including phenoxy) is 1. The highest BCUT2D eigenvalue weighted by Crippen LogP contribution is 2.28. The predicted molar refractivity (Wildman–Crippen MR) is 107 cm³/mol. The highest BCUT2D eigenvalue weighted by Gasteiger charge is 2.07. The first-order valence-electron chi connectivity index (χ1n) is 8.72. The number of anilines is 1. The van der Waals surface area contributed by atoms with Crippen molar-refractivity contribution in [2.75, 3.05) is 11.9 Å². The largest absolute Gasteiger partial charge is 0.486 e. The van der Waals surface area contributed by atoms with Gasteiger partial charge in [0.05, 0.1) is 10.7 Å². The van der Waals surface area contributed by atoms with E-state index in [1.54, 1.807) is 30.5 Å². The summed E-state index contributed by atoms with van der Waals surface area (Å²) in [6, 6.07) is 16.5. The number of urea groups is 1. The Labute approximate surface area is 167 Å². The number of hydrogen-bond acceptors (Lipinski definition) is 3. The van der Waals surface area contributed by atoms with Gasteiger partial charge in [0.2, 0.25) is 0 Å². The van der Waals surface area contributed by atoms with Gasteiger partial charge in [0, 0.05) is 18.4 Å². The Bertz CT molecular complexity index is 938. The van der Waals surface area contributed by atoms with Crippen LogP contribution in [0.15, 0.2) is 66.9 Å². The van der Waals surface area contributed by atoms with E-state index < -0.39 is 0 Å². The zero-order chi connectivity index (χ0) is 19.8. The second-order valence-electron chi connectivity index (χ2n) is 6.02. The Morgan fingerprint density at radius 3 is 2.75 bits per heavy atom. The number of nitrogens with zero attached hydrogens (tertiary/aromatic N) is 1. The summed E-state index contributed by atoms with van der Waals surface area (Å²) in [7, 11) is 0. The highest BCUT2D eigenvalue weighted by atomic mass is 35.5. The number of hydrogen-bond donors (Lipinski definition) is 2. The molecule has 2 N–H and O–H groups in total. The van der Waals surface area contributed by atoms with Crippen LogP contribution in [0.4, 0.5) is 14.9 Å². The van der Waals surface area contributed by atoms with E-state index >= 15 is 0 Å². The standard InChI is InChI=1S/C21H19ClFN3O2/c22-19-13-17(7-8-20(19)28-14-18-6-1-2-10-24-18)26-21(27)25-11-9-15-4-3-5-16(23)12-15/h1-8,10,12-13H,9,11,14H2,(H2,25,26,27). The van der Waals surface area contributed by atoms with E-state index in [-0.39, 0.29) is 11.8 Å². The third-order valence-electron chi connectivity index (χ3n) is 3.88. The highest BCUT2D eigenvalue weighted by molar-refractivity contribution is 6.32. The van der Waals surface area contributed by atoms with Gasteiger partial charge >= 0.3 is 6.03 Å². The molecule has 0 bridgehead atoms. The number of nitrogens with one attached hydrogen (secondary N) is 2. The molecule has 3 rings (SSSR count). The van der Waals surface area contributed by atoms with Gasteiger partial charge in [-0.25, -0.2) is 9.18 Å². The number of rotatable bonds is 7. The molecule has 7 heteroatoms. The second kappa shape index (κ2) is 9.71. The summed E-state index contributed by atoms with van der Waals surface area (Å²) >= 11 is 6.23. The van der Waals surface area contributed by atoms with Crippen molar-refractivity contribution < 1.29 is 13.9 Å². The van der Waals surface area contributed by atoms with Crippen molar-refractivity contribution in [2.24, 2.45) is 0 Å². The Kier molecular flexibility index (Phi) is 6.81. The lowest BCUT2D eigenvalue weighted by Crippen LogP contribution is -2.30. The van der Waals surface area contributed by atoms with Crippen LogP contribution >= 0.6 is 11.6 Å². The van der Waals surface area contributed by atoms with Gasteiger partial charge in [-0.3, -0.25) is 4.98 Å². The summed E-state index contributed by atoms with van der Waals surface area (Å²) in [6.07, 6.45) is 2.23. The number of amides is 2. The van der Waals surface area contributed by atoms with Gasteiger partial charge in [0.25, 0.3) is 0 Å². The normalized spacial score (nSPS) is 10.4. The molecule has 0 spiro atoms. The lowest BCUT2D eigenvalue weighted by Gasteiger charge is -2.11. The fourth-order valence-electron chi connectivity index (χ4n) is 2.52. The van der Waals surface area contributed by atoms with Crippen LogP contribution in [-0.2, 0) is 13.0 Å². The molecule has 1 aromatic heterocycles. The van der Waals surface area contributed by atoms with Crippen LogP contribution in [0.5, 0.6) is 5.75 Å². The average Bonchev–Trinajstić information content (AvgIpc) is 2.68. The lowest BCUT2D eigenvalue weighted by atomic mass is 10.1. The van der Waals surface area contributed by atoms with Crippen molar-refractivity contribution in [1.82, 2.24) is 10.3 Å². The number of aromatic nitrogens is 1. The van der Waals surface area contributed by atoms with Crippen LogP contribution in [0.25, 0.3) is 0 Å². The van der Waals surface area contributed by atoms with Crippen LogP contribution in [0.3, 0.4) is 0 Å². The van der Waals surface area contributed by atoms with Crippen molar-refractivity contribution in [3.63, 3.8) is 0 Å². The number of pyridine rings is 1. The molecule has 0 fully saturated rings. The molecular weight excluding hydrogens is 381 g/mol. The van der Waals surface area contributed by atoms with Crippen LogP contribution in [0, 0.1) is 5.82 Å². The molecule has 3 aromatic rings. The van der Waals surface area contributed by atoms with Crippen LogP contribution in [0.1, 0.15) is 11.3 Å². The van der Waals surface area contributed by atoms with Gasteiger partial charge in [-0.1, -0.05) is 29.8 Å². The monoisotopic (exact) mass is 399 g/mol. The van der Waals surface area contributed by atoms with Crippen molar-refractivity contribution in [3.8, 4) is 5.75 Å². The van der Waals surface area contributed by atoms with E-state index in [9.17, 15) is 9.18 Å². The van der Waals surface area contributed by atoms with Gasteiger partial charge < -0.3 is 15.4 Å². The smallest absolute Gasteiger partial charge is 0.319 e. The summed E-state index contributed by atoms with van der Waals surface area (Å²) in [6.45, 7) is 0.683. The quantitative estimate of drug-likeness (QED) is 0.598. The first kappa shape index (κ1) is 19.6. The fraction of sp³-hybridized carbons (Fsp3) is 0.143. The van der Waals surface area contributed by atoms with E-state index in [1.165, 1.54) is 12.1 Å². The van der Waals surface area contributed by atoms with Crippen molar-refractivity contribution in [2.45, 2.75) is 13.0 Å². The van der Waals surface area contributed by atoms with Gasteiger partial charge in [0.15, 0.2) is 0 Å². The molecule has 0 aliphatic carbocycles. The minimum absolute atomic E-state index is 0.290. The molecule has 1 heterocycles. The zero-order valence-corrected chi connectivity index (χ0v) is 15.7. The lowest BCUT2D eigenvalue weighted by molar-refractivity contribution is 0.252. The van der Waals surface area contributed by atoms with Gasteiger partial charge in [-0.15, -0.1) is 0 Å².